The monoisotopic (exact) mass is 216 g/mol. The molecule has 1 unspecified atom stereocenters. The molecule has 5 nitrogen and oxygen atoms in total. The van der Waals surface area contributed by atoms with Crippen LogP contribution in [0.4, 0.5) is 0 Å². The predicted molar refractivity (Wildman–Crippen MR) is 57.6 cm³/mol. The molecule has 0 rings (SSSR count). The van der Waals surface area contributed by atoms with Crippen molar-refractivity contribution < 1.29 is 14.7 Å². The van der Waals surface area contributed by atoms with Crippen LogP contribution in [0.15, 0.2) is 0 Å². The fraction of sp³-hybridized carbons (Fsp3) is 0.800. The first-order valence-electron chi connectivity index (χ1n) is 5.25. The summed E-state index contributed by atoms with van der Waals surface area (Å²) in [6.45, 7) is 5.36. The highest BCUT2D eigenvalue weighted by atomic mass is 16.4. The lowest BCUT2D eigenvalue weighted by Gasteiger charge is -2.10. The van der Waals surface area contributed by atoms with Crippen molar-refractivity contribution in [2.75, 3.05) is 19.6 Å². The largest absolute Gasteiger partial charge is 0.481 e. The first-order chi connectivity index (χ1) is 7.06. The quantitative estimate of drug-likeness (QED) is 0.507. The van der Waals surface area contributed by atoms with E-state index >= 15 is 0 Å². The number of amides is 1. The van der Waals surface area contributed by atoms with E-state index in [0.29, 0.717) is 13.1 Å². The third-order valence-corrected chi connectivity index (χ3v) is 1.88. The van der Waals surface area contributed by atoms with Crippen molar-refractivity contribution in [1.82, 2.24) is 10.6 Å². The summed E-state index contributed by atoms with van der Waals surface area (Å²) < 4.78 is 0. The molecule has 0 aromatic rings. The molecule has 1 atom stereocenters. The van der Waals surface area contributed by atoms with Crippen LogP contribution in [0.3, 0.4) is 0 Å². The minimum absolute atomic E-state index is 0.0300. The molecular weight excluding hydrogens is 196 g/mol. The Morgan fingerprint density at radius 1 is 1.40 bits per heavy atom. The van der Waals surface area contributed by atoms with E-state index in [0.717, 1.165) is 13.0 Å². The van der Waals surface area contributed by atoms with Crippen molar-refractivity contribution in [3.8, 4) is 0 Å². The van der Waals surface area contributed by atoms with Crippen molar-refractivity contribution in [2.24, 2.45) is 5.92 Å². The SMILES string of the molecule is CCCNCC(=O)NCC(C)CC(=O)O. The van der Waals surface area contributed by atoms with Gasteiger partial charge in [-0.25, -0.2) is 0 Å². The molecule has 0 heterocycles. The van der Waals surface area contributed by atoms with Crippen LogP contribution in [0.5, 0.6) is 0 Å². The zero-order valence-electron chi connectivity index (χ0n) is 9.38. The van der Waals surface area contributed by atoms with Crippen LogP contribution in [0.25, 0.3) is 0 Å². The average molecular weight is 216 g/mol. The van der Waals surface area contributed by atoms with Crippen LogP contribution in [-0.4, -0.2) is 36.6 Å². The molecule has 0 fully saturated rings. The molecule has 0 aliphatic carbocycles. The molecule has 0 aromatic heterocycles. The van der Waals surface area contributed by atoms with Crippen LogP contribution in [-0.2, 0) is 9.59 Å². The van der Waals surface area contributed by atoms with Crippen molar-refractivity contribution >= 4 is 11.9 Å². The van der Waals surface area contributed by atoms with Gasteiger partial charge in [0.05, 0.1) is 6.54 Å². The maximum absolute atomic E-state index is 11.2. The summed E-state index contributed by atoms with van der Waals surface area (Å²) >= 11 is 0. The van der Waals surface area contributed by atoms with E-state index < -0.39 is 5.97 Å². The Bertz CT molecular complexity index is 207. The summed E-state index contributed by atoms with van der Waals surface area (Å²) in [4.78, 5) is 21.5. The fourth-order valence-corrected chi connectivity index (χ4v) is 1.10. The van der Waals surface area contributed by atoms with E-state index in [1.165, 1.54) is 0 Å². The van der Waals surface area contributed by atoms with Crippen LogP contribution in [0.1, 0.15) is 26.7 Å². The van der Waals surface area contributed by atoms with Crippen molar-refractivity contribution in [3.63, 3.8) is 0 Å². The molecule has 0 saturated heterocycles. The minimum atomic E-state index is -0.833. The van der Waals surface area contributed by atoms with Gasteiger partial charge in [0.1, 0.15) is 0 Å². The second-order valence-corrected chi connectivity index (χ2v) is 3.68. The molecule has 0 spiro atoms. The lowest BCUT2D eigenvalue weighted by atomic mass is 10.1. The zero-order chi connectivity index (χ0) is 11.7. The highest BCUT2D eigenvalue weighted by Crippen LogP contribution is 1.98. The number of aliphatic carboxylic acids is 1. The Labute approximate surface area is 90.2 Å². The average Bonchev–Trinajstić information content (AvgIpc) is 2.14. The molecular formula is C10H20N2O3. The van der Waals surface area contributed by atoms with Crippen molar-refractivity contribution in [2.45, 2.75) is 26.7 Å². The smallest absolute Gasteiger partial charge is 0.303 e. The maximum atomic E-state index is 11.2. The third kappa shape index (κ3) is 9.21. The van der Waals surface area contributed by atoms with Crippen molar-refractivity contribution in [1.29, 1.82) is 0 Å². The molecule has 0 aliphatic heterocycles. The first kappa shape index (κ1) is 13.9. The molecule has 15 heavy (non-hydrogen) atoms. The minimum Gasteiger partial charge on any atom is -0.481 e. The summed E-state index contributed by atoms with van der Waals surface area (Å²) in [5, 5.41) is 14.2. The van der Waals surface area contributed by atoms with Gasteiger partial charge >= 0.3 is 5.97 Å². The molecule has 0 aromatic carbocycles. The summed E-state index contributed by atoms with van der Waals surface area (Å²) in [6.07, 6.45) is 1.07. The Kier molecular flexibility index (Phi) is 7.62. The van der Waals surface area contributed by atoms with Crippen LogP contribution in [0.2, 0.25) is 0 Å². The topological polar surface area (TPSA) is 78.4 Å². The second-order valence-electron chi connectivity index (χ2n) is 3.68. The van der Waals surface area contributed by atoms with Gasteiger partial charge in [0, 0.05) is 13.0 Å². The summed E-state index contributed by atoms with van der Waals surface area (Å²) in [5.74, 6) is -0.945. The Balaban J connectivity index is 3.48. The molecule has 0 aliphatic rings. The molecule has 88 valence electrons. The van der Waals surface area contributed by atoms with E-state index in [2.05, 4.69) is 10.6 Å². The van der Waals surface area contributed by atoms with Crippen LogP contribution < -0.4 is 10.6 Å². The molecule has 0 radical (unpaired) electrons. The van der Waals surface area contributed by atoms with E-state index in [9.17, 15) is 9.59 Å². The van der Waals surface area contributed by atoms with Crippen LogP contribution in [0, 0.1) is 5.92 Å². The lowest BCUT2D eigenvalue weighted by molar-refractivity contribution is -0.138. The van der Waals surface area contributed by atoms with E-state index in [1.807, 2.05) is 6.92 Å². The number of carboxylic acids is 1. The lowest BCUT2D eigenvalue weighted by Crippen LogP contribution is -2.36. The van der Waals surface area contributed by atoms with Gasteiger partial charge in [0.25, 0.3) is 0 Å². The van der Waals surface area contributed by atoms with Gasteiger partial charge in [-0.3, -0.25) is 9.59 Å². The van der Waals surface area contributed by atoms with Gasteiger partial charge < -0.3 is 15.7 Å². The summed E-state index contributed by atoms with van der Waals surface area (Å²) in [7, 11) is 0. The Hall–Kier alpha value is -1.10. The number of rotatable bonds is 8. The number of hydrogen-bond donors (Lipinski definition) is 3. The van der Waals surface area contributed by atoms with Gasteiger partial charge in [0.2, 0.25) is 5.91 Å². The van der Waals surface area contributed by atoms with E-state index in [4.69, 9.17) is 5.11 Å². The summed E-state index contributed by atoms with van der Waals surface area (Å²) in [5.41, 5.74) is 0. The molecule has 3 N–H and O–H groups in total. The number of carbonyl (C=O) groups is 2. The summed E-state index contributed by atoms with van der Waals surface area (Å²) in [6, 6.07) is 0. The Morgan fingerprint density at radius 3 is 2.60 bits per heavy atom. The number of hydrogen-bond acceptors (Lipinski definition) is 3. The van der Waals surface area contributed by atoms with Gasteiger partial charge in [-0.2, -0.15) is 0 Å². The predicted octanol–water partition coefficient (Wildman–Crippen LogP) is 0.213. The normalized spacial score (nSPS) is 12.1. The molecule has 1 amide bonds. The third-order valence-electron chi connectivity index (χ3n) is 1.88. The molecule has 0 saturated carbocycles. The highest BCUT2D eigenvalue weighted by molar-refractivity contribution is 5.78. The highest BCUT2D eigenvalue weighted by Gasteiger charge is 2.08. The number of carbonyl (C=O) groups excluding carboxylic acids is 1. The van der Waals surface area contributed by atoms with Gasteiger partial charge in [-0.05, 0) is 18.9 Å². The second kappa shape index (κ2) is 8.23. The zero-order valence-corrected chi connectivity index (χ0v) is 9.38. The number of carboxylic acid groups (broad SMARTS) is 1. The Morgan fingerprint density at radius 2 is 2.07 bits per heavy atom. The standard InChI is InChI=1S/C10H20N2O3/c1-3-4-11-7-9(13)12-6-8(2)5-10(14)15/h8,11H,3-7H2,1-2H3,(H,12,13)(H,14,15). The number of nitrogens with one attached hydrogen (secondary N) is 2. The van der Waals surface area contributed by atoms with Gasteiger partial charge in [-0.15, -0.1) is 0 Å². The maximum Gasteiger partial charge on any atom is 0.303 e. The van der Waals surface area contributed by atoms with E-state index in [1.54, 1.807) is 6.92 Å². The van der Waals surface area contributed by atoms with Crippen LogP contribution >= 0.6 is 0 Å². The van der Waals surface area contributed by atoms with E-state index in [-0.39, 0.29) is 18.2 Å². The fourth-order valence-electron chi connectivity index (χ4n) is 1.10. The van der Waals surface area contributed by atoms with Gasteiger partial charge in [-0.1, -0.05) is 13.8 Å². The molecule has 5 heteroatoms. The van der Waals surface area contributed by atoms with Gasteiger partial charge in [0.15, 0.2) is 0 Å². The first-order valence-corrected chi connectivity index (χ1v) is 5.25. The molecule has 0 bridgehead atoms. The van der Waals surface area contributed by atoms with Crippen molar-refractivity contribution in [3.05, 3.63) is 0 Å².